The zero-order chi connectivity index (χ0) is 18.6. The average Bonchev–Trinajstić information content (AvgIpc) is 3.40. The number of nitrogens with one attached hydrogen (secondary N) is 1. The molecule has 0 saturated carbocycles. The van der Waals surface area contributed by atoms with E-state index < -0.39 is 0 Å². The zero-order valence-corrected chi connectivity index (χ0v) is 15.1. The monoisotopic (exact) mass is 369 g/mol. The molecule has 4 rings (SSSR count). The van der Waals surface area contributed by atoms with Gasteiger partial charge in [0.05, 0.1) is 6.54 Å². The zero-order valence-electron chi connectivity index (χ0n) is 15.1. The Morgan fingerprint density at radius 3 is 2.67 bits per heavy atom. The number of aromatic amines is 1. The third kappa shape index (κ3) is 3.79. The summed E-state index contributed by atoms with van der Waals surface area (Å²) in [4.78, 5) is 33.2. The summed E-state index contributed by atoms with van der Waals surface area (Å²) in [5.41, 5.74) is 0.965. The van der Waals surface area contributed by atoms with E-state index in [9.17, 15) is 9.59 Å². The van der Waals surface area contributed by atoms with Crippen molar-refractivity contribution in [3.63, 3.8) is 0 Å². The maximum absolute atomic E-state index is 12.9. The highest BCUT2D eigenvalue weighted by Crippen LogP contribution is 2.23. The molecule has 27 heavy (non-hydrogen) atoms. The number of pyridine rings is 1. The highest BCUT2D eigenvalue weighted by Gasteiger charge is 2.30. The van der Waals surface area contributed by atoms with E-state index in [2.05, 4.69) is 15.2 Å². The van der Waals surface area contributed by atoms with Crippen LogP contribution in [0.2, 0.25) is 0 Å². The third-order valence-corrected chi connectivity index (χ3v) is 5.09. The van der Waals surface area contributed by atoms with Crippen molar-refractivity contribution in [2.24, 2.45) is 0 Å². The molecular weight excluding hydrogens is 346 g/mol. The summed E-state index contributed by atoms with van der Waals surface area (Å²) in [6.45, 7) is 2.63. The molecule has 8 nitrogen and oxygen atoms in total. The van der Waals surface area contributed by atoms with Crippen LogP contribution in [0.15, 0.2) is 30.6 Å². The minimum Gasteiger partial charge on any atom is -0.472 e. The van der Waals surface area contributed by atoms with E-state index in [0.717, 1.165) is 25.9 Å². The second-order valence-corrected chi connectivity index (χ2v) is 6.96. The topological polar surface area (TPSA) is 91.4 Å². The fraction of sp³-hybridized carbons (Fsp3) is 0.474. The van der Waals surface area contributed by atoms with E-state index in [4.69, 9.17) is 4.74 Å². The van der Waals surface area contributed by atoms with E-state index in [1.54, 1.807) is 35.5 Å². The van der Waals surface area contributed by atoms with Crippen molar-refractivity contribution in [3.8, 4) is 5.88 Å². The number of nitrogens with zero attached hydrogens (tertiary/aromatic N) is 4. The molecule has 0 aliphatic carbocycles. The van der Waals surface area contributed by atoms with Crippen molar-refractivity contribution in [1.82, 2.24) is 25.0 Å². The van der Waals surface area contributed by atoms with Crippen molar-refractivity contribution >= 4 is 11.8 Å². The van der Waals surface area contributed by atoms with Crippen LogP contribution in [0, 0.1) is 0 Å². The molecule has 2 aromatic heterocycles. The molecule has 2 saturated heterocycles. The Bertz CT molecular complexity index is 801. The van der Waals surface area contributed by atoms with E-state index >= 15 is 0 Å². The first-order valence-electron chi connectivity index (χ1n) is 9.42. The summed E-state index contributed by atoms with van der Waals surface area (Å²) < 4.78 is 6.04. The predicted octanol–water partition coefficient (Wildman–Crippen LogP) is 1.72. The van der Waals surface area contributed by atoms with Crippen molar-refractivity contribution < 1.29 is 14.3 Å². The van der Waals surface area contributed by atoms with Gasteiger partial charge in [0.1, 0.15) is 17.4 Å². The number of amides is 2. The van der Waals surface area contributed by atoms with Gasteiger partial charge >= 0.3 is 0 Å². The molecule has 142 valence electrons. The van der Waals surface area contributed by atoms with Gasteiger partial charge in [-0.15, -0.1) is 0 Å². The number of carbonyl (C=O) groups excluding carboxylic acids is 2. The lowest BCUT2D eigenvalue weighted by atomic mass is 10.1. The van der Waals surface area contributed by atoms with Crippen molar-refractivity contribution in [3.05, 3.63) is 41.9 Å². The van der Waals surface area contributed by atoms with Crippen LogP contribution in [-0.2, 0) is 0 Å². The quantitative estimate of drug-likeness (QED) is 0.886. The second-order valence-electron chi connectivity index (χ2n) is 6.96. The average molecular weight is 369 g/mol. The van der Waals surface area contributed by atoms with Crippen LogP contribution in [0.3, 0.4) is 0 Å². The standard InChI is InChI=1S/C19H23N5O3/c25-18(23-10-2-1-3-11-23)15-5-4-8-20-17(15)27-14-7-12-24(13-14)19(26)16-6-9-21-22-16/h4-6,8-9,14H,1-3,7,10-13H2,(H,21,22). The van der Waals surface area contributed by atoms with Gasteiger partial charge in [0.25, 0.3) is 11.8 Å². The maximum atomic E-state index is 12.9. The number of H-pyrrole nitrogens is 1. The van der Waals surface area contributed by atoms with Gasteiger partial charge < -0.3 is 14.5 Å². The van der Waals surface area contributed by atoms with Crippen LogP contribution in [0.4, 0.5) is 0 Å². The SMILES string of the molecule is O=C(c1ccn[nH]1)N1CCC(Oc2ncccc2C(=O)N2CCCCC2)C1. The van der Waals surface area contributed by atoms with E-state index in [1.165, 1.54) is 6.42 Å². The smallest absolute Gasteiger partial charge is 0.271 e. The largest absolute Gasteiger partial charge is 0.472 e. The Morgan fingerprint density at radius 2 is 1.89 bits per heavy atom. The molecule has 4 heterocycles. The number of aromatic nitrogens is 3. The molecule has 2 aliphatic rings. The van der Waals surface area contributed by atoms with Gasteiger partial charge in [-0.1, -0.05) is 0 Å². The predicted molar refractivity (Wildman–Crippen MR) is 97.5 cm³/mol. The molecule has 0 aromatic carbocycles. The molecule has 1 atom stereocenters. The summed E-state index contributed by atoms with van der Waals surface area (Å²) >= 11 is 0. The molecule has 2 fully saturated rings. The molecular formula is C19H23N5O3. The summed E-state index contributed by atoms with van der Waals surface area (Å²) in [5.74, 6) is 0.235. The molecule has 2 amide bonds. The van der Waals surface area contributed by atoms with Crippen LogP contribution in [0.5, 0.6) is 5.88 Å². The van der Waals surface area contributed by atoms with Gasteiger partial charge in [0.2, 0.25) is 5.88 Å². The second kappa shape index (κ2) is 7.77. The van der Waals surface area contributed by atoms with Crippen LogP contribution < -0.4 is 4.74 Å². The molecule has 1 unspecified atom stereocenters. The van der Waals surface area contributed by atoms with Gasteiger partial charge in [-0.2, -0.15) is 5.10 Å². The van der Waals surface area contributed by atoms with Gasteiger partial charge in [-0.3, -0.25) is 14.7 Å². The van der Waals surface area contributed by atoms with E-state index in [-0.39, 0.29) is 17.9 Å². The van der Waals surface area contributed by atoms with Crippen LogP contribution in [0.25, 0.3) is 0 Å². The number of hydrogen-bond donors (Lipinski definition) is 1. The Hall–Kier alpha value is -2.90. The van der Waals surface area contributed by atoms with Crippen LogP contribution >= 0.6 is 0 Å². The maximum Gasteiger partial charge on any atom is 0.271 e. The number of piperidine rings is 1. The minimum absolute atomic E-state index is 0.0267. The highest BCUT2D eigenvalue weighted by atomic mass is 16.5. The summed E-state index contributed by atoms with van der Waals surface area (Å²) in [7, 11) is 0. The number of likely N-dealkylation sites (tertiary alicyclic amines) is 2. The molecule has 0 bridgehead atoms. The minimum atomic E-state index is -0.181. The van der Waals surface area contributed by atoms with Crippen LogP contribution in [-0.4, -0.2) is 69.1 Å². The van der Waals surface area contributed by atoms with E-state index in [0.29, 0.717) is 36.6 Å². The lowest BCUT2D eigenvalue weighted by molar-refractivity contribution is 0.0708. The molecule has 2 aliphatic heterocycles. The summed E-state index contributed by atoms with van der Waals surface area (Å²) in [6, 6.07) is 5.18. The van der Waals surface area contributed by atoms with Gasteiger partial charge in [-0.05, 0) is 37.5 Å². The van der Waals surface area contributed by atoms with Gasteiger partial charge in [0.15, 0.2) is 0 Å². The third-order valence-electron chi connectivity index (χ3n) is 5.09. The Kier molecular flexibility index (Phi) is 5.04. The molecule has 0 radical (unpaired) electrons. The Morgan fingerprint density at radius 1 is 1.04 bits per heavy atom. The molecule has 0 spiro atoms. The Balaban J connectivity index is 1.43. The van der Waals surface area contributed by atoms with E-state index in [1.807, 2.05) is 4.90 Å². The summed E-state index contributed by atoms with van der Waals surface area (Å²) in [6.07, 6.45) is 6.95. The lowest BCUT2D eigenvalue weighted by Crippen LogP contribution is -2.36. The number of carbonyl (C=O) groups is 2. The van der Waals surface area contributed by atoms with Gasteiger partial charge in [-0.25, -0.2) is 4.98 Å². The molecule has 8 heteroatoms. The lowest BCUT2D eigenvalue weighted by Gasteiger charge is -2.27. The summed E-state index contributed by atoms with van der Waals surface area (Å²) in [5, 5.41) is 6.52. The Labute approximate surface area is 157 Å². The van der Waals surface area contributed by atoms with Crippen molar-refractivity contribution in [2.75, 3.05) is 26.2 Å². The van der Waals surface area contributed by atoms with Gasteiger partial charge in [0, 0.05) is 38.4 Å². The number of ether oxygens (including phenoxy) is 1. The first-order valence-corrected chi connectivity index (χ1v) is 9.42. The van der Waals surface area contributed by atoms with Crippen molar-refractivity contribution in [2.45, 2.75) is 31.8 Å². The highest BCUT2D eigenvalue weighted by molar-refractivity contribution is 5.96. The fourth-order valence-electron chi connectivity index (χ4n) is 3.63. The molecule has 2 aromatic rings. The van der Waals surface area contributed by atoms with Crippen LogP contribution in [0.1, 0.15) is 46.5 Å². The number of rotatable bonds is 4. The first-order chi connectivity index (χ1) is 13.2. The number of hydrogen-bond acceptors (Lipinski definition) is 5. The normalized spacial score (nSPS) is 19.9. The first kappa shape index (κ1) is 17.5. The molecule has 1 N–H and O–H groups in total. The fourth-order valence-corrected chi connectivity index (χ4v) is 3.63. The van der Waals surface area contributed by atoms with Crippen molar-refractivity contribution in [1.29, 1.82) is 0 Å².